The molecule has 32 heavy (non-hydrogen) atoms. The van der Waals surface area contributed by atoms with E-state index in [1.165, 1.54) is 0 Å². The predicted octanol–water partition coefficient (Wildman–Crippen LogP) is 3.79. The Morgan fingerprint density at radius 1 is 0.938 bits per heavy atom. The third kappa shape index (κ3) is 4.52. The molecule has 0 radical (unpaired) electrons. The van der Waals surface area contributed by atoms with Crippen LogP contribution in [0.1, 0.15) is 34.0 Å². The minimum atomic E-state index is -1.23. The van der Waals surface area contributed by atoms with E-state index in [1.54, 1.807) is 19.1 Å². The fraction of sp³-hybridized carbons (Fsp3) is 0.148. The molecule has 2 amide bonds. The Labute approximate surface area is 187 Å². The minimum Gasteiger partial charge on any atom is -0.368 e. The summed E-state index contributed by atoms with van der Waals surface area (Å²) in [5.74, 6) is -0.946. The summed E-state index contributed by atoms with van der Waals surface area (Å²) in [6.07, 6.45) is 2.31. The van der Waals surface area contributed by atoms with Gasteiger partial charge in [0.1, 0.15) is 5.54 Å². The first-order valence-electron chi connectivity index (χ1n) is 10.5. The molecule has 0 bridgehead atoms. The molecule has 0 fully saturated rings. The molecule has 1 heterocycles. The molecule has 1 atom stereocenters. The summed E-state index contributed by atoms with van der Waals surface area (Å²) in [6, 6.07) is 26.8. The highest BCUT2D eigenvalue weighted by Crippen LogP contribution is 2.24. The largest absolute Gasteiger partial charge is 0.368 e. The molecule has 0 saturated carbocycles. The monoisotopic (exact) mass is 423 g/mol. The molecule has 0 aromatic heterocycles. The van der Waals surface area contributed by atoms with Crippen LogP contribution in [0.4, 0.5) is 0 Å². The van der Waals surface area contributed by atoms with Crippen LogP contribution in [0.5, 0.6) is 0 Å². The molecule has 4 rings (SSSR count). The molecule has 1 unspecified atom stereocenters. The molecule has 0 spiro atoms. The lowest BCUT2D eigenvalue weighted by Gasteiger charge is -2.28. The van der Waals surface area contributed by atoms with Crippen molar-refractivity contribution in [2.24, 2.45) is 10.7 Å². The topological polar surface area (TPSA) is 84.6 Å². The summed E-state index contributed by atoms with van der Waals surface area (Å²) in [5, 5.41) is 2.88. The Morgan fingerprint density at radius 2 is 1.56 bits per heavy atom. The highest BCUT2D eigenvalue weighted by Gasteiger charge is 2.34. The summed E-state index contributed by atoms with van der Waals surface area (Å²) in [5.41, 5.74) is 9.52. The lowest BCUT2D eigenvalue weighted by atomic mass is 9.91. The van der Waals surface area contributed by atoms with Crippen LogP contribution in [0.15, 0.2) is 96.0 Å². The van der Waals surface area contributed by atoms with Crippen LogP contribution in [0.3, 0.4) is 0 Å². The van der Waals surface area contributed by atoms with Crippen molar-refractivity contribution >= 4 is 23.1 Å². The zero-order valence-electron chi connectivity index (χ0n) is 17.9. The summed E-state index contributed by atoms with van der Waals surface area (Å²) >= 11 is 0. The first-order valence-corrected chi connectivity index (χ1v) is 10.5. The van der Waals surface area contributed by atoms with E-state index < -0.39 is 11.4 Å². The van der Waals surface area contributed by atoms with Crippen molar-refractivity contribution < 1.29 is 9.59 Å². The van der Waals surface area contributed by atoms with Gasteiger partial charge < -0.3 is 11.1 Å². The molecule has 5 nitrogen and oxygen atoms in total. The first-order chi connectivity index (χ1) is 15.5. The molecule has 1 aliphatic rings. The van der Waals surface area contributed by atoms with Gasteiger partial charge in [0.05, 0.1) is 12.3 Å². The number of carbonyl (C=O) groups is 2. The Balaban J connectivity index is 1.60. The molecule has 0 saturated heterocycles. The standard InChI is InChI=1S/C27H25N3O2/c1-27(26(28)32,17-19-10-4-2-5-11-19)30-25(31)23-15-9-8-14-22(23)24-16-21(18-29-24)20-12-6-3-7-13-20/h2-16H,17-18H2,1H3,(H2,28,32)(H,30,31). The maximum Gasteiger partial charge on any atom is 0.252 e. The quantitative estimate of drug-likeness (QED) is 0.606. The second kappa shape index (κ2) is 9.02. The van der Waals surface area contributed by atoms with Crippen molar-refractivity contribution in [2.45, 2.75) is 18.9 Å². The highest BCUT2D eigenvalue weighted by molar-refractivity contribution is 6.19. The van der Waals surface area contributed by atoms with Crippen molar-refractivity contribution in [3.05, 3.63) is 113 Å². The van der Waals surface area contributed by atoms with Crippen LogP contribution in [-0.2, 0) is 11.2 Å². The van der Waals surface area contributed by atoms with Crippen molar-refractivity contribution in [1.82, 2.24) is 5.32 Å². The maximum absolute atomic E-state index is 13.3. The van der Waals surface area contributed by atoms with Gasteiger partial charge >= 0.3 is 0 Å². The van der Waals surface area contributed by atoms with Crippen LogP contribution in [0.25, 0.3) is 5.57 Å². The normalized spacial score (nSPS) is 14.8. The lowest BCUT2D eigenvalue weighted by molar-refractivity contribution is -0.123. The number of allylic oxidation sites excluding steroid dienone is 1. The van der Waals surface area contributed by atoms with E-state index in [0.717, 1.165) is 28.0 Å². The van der Waals surface area contributed by atoms with E-state index in [9.17, 15) is 9.59 Å². The number of nitrogens with one attached hydrogen (secondary N) is 1. The van der Waals surface area contributed by atoms with Crippen LogP contribution in [0.2, 0.25) is 0 Å². The van der Waals surface area contributed by atoms with Gasteiger partial charge in [-0.2, -0.15) is 0 Å². The van der Waals surface area contributed by atoms with E-state index in [1.807, 2.05) is 78.9 Å². The van der Waals surface area contributed by atoms with Gasteiger partial charge in [-0.3, -0.25) is 14.6 Å². The lowest BCUT2D eigenvalue weighted by Crippen LogP contribution is -2.57. The van der Waals surface area contributed by atoms with Gasteiger partial charge in [0, 0.05) is 17.5 Å². The number of amides is 2. The minimum absolute atomic E-state index is 0.302. The van der Waals surface area contributed by atoms with Crippen molar-refractivity contribution in [2.75, 3.05) is 6.54 Å². The van der Waals surface area contributed by atoms with Gasteiger partial charge in [-0.25, -0.2) is 0 Å². The molecular weight excluding hydrogens is 398 g/mol. The Morgan fingerprint density at radius 3 is 2.25 bits per heavy atom. The fourth-order valence-corrected chi connectivity index (χ4v) is 3.84. The van der Waals surface area contributed by atoms with Crippen LogP contribution in [-0.4, -0.2) is 29.6 Å². The average Bonchev–Trinajstić information content (AvgIpc) is 3.30. The van der Waals surface area contributed by atoms with Gasteiger partial charge in [0.25, 0.3) is 5.91 Å². The SMILES string of the molecule is CC(Cc1ccccc1)(NC(=O)c1ccccc1C1=NCC(c2ccccc2)=C1)C(N)=O. The Kier molecular flexibility index (Phi) is 5.99. The molecule has 3 N–H and O–H groups in total. The third-order valence-corrected chi connectivity index (χ3v) is 5.66. The van der Waals surface area contributed by atoms with Gasteiger partial charge in [0.2, 0.25) is 5.91 Å². The van der Waals surface area contributed by atoms with Gasteiger partial charge in [-0.15, -0.1) is 0 Å². The van der Waals surface area contributed by atoms with E-state index >= 15 is 0 Å². The Hall–Kier alpha value is -3.99. The summed E-state index contributed by atoms with van der Waals surface area (Å²) in [4.78, 5) is 30.3. The number of nitrogens with zero attached hydrogens (tertiary/aromatic N) is 1. The average molecular weight is 424 g/mol. The number of primary amides is 1. The van der Waals surface area contributed by atoms with Gasteiger partial charge in [0.15, 0.2) is 0 Å². The number of aliphatic imine (C=N–C) groups is 1. The first kappa shape index (κ1) is 21.2. The number of rotatable bonds is 7. The maximum atomic E-state index is 13.3. The molecule has 3 aromatic rings. The zero-order valence-corrected chi connectivity index (χ0v) is 17.9. The molecule has 0 aliphatic carbocycles. The van der Waals surface area contributed by atoms with Gasteiger partial charge in [-0.05, 0) is 35.8 Å². The van der Waals surface area contributed by atoms with E-state index in [0.29, 0.717) is 18.5 Å². The summed E-state index contributed by atoms with van der Waals surface area (Å²) in [6.45, 7) is 2.21. The number of hydrogen-bond acceptors (Lipinski definition) is 3. The Bertz CT molecular complexity index is 1200. The summed E-state index contributed by atoms with van der Waals surface area (Å²) in [7, 11) is 0. The molecule has 160 valence electrons. The second-order valence-corrected chi connectivity index (χ2v) is 8.10. The van der Waals surface area contributed by atoms with Crippen LogP contribution in [0, 0.1) is 0 Å². The van der Waals surface area contributed by atoms with E-state index in [2.05, 4.69) is 10.3 Å². The number of nitrogens with two attached hydrogens (primary N) is 1. The molecular formula is C27H25N3O2. The van der Waals surface area contributed by atoms with E-state index in [-0.39, 0.29) is 5.91 Å². The molecule has 5 heteroatoms. The van der Waals surface area contributed by atoms with E-state index in [4.69, 9.17) is 5.73 Å². The second-order valence-electron chi connectivity index (χ2n) is 8.10. The zero-order chi connectivity index (χ0) is 22.6. The van der Waals surface area contributed by atoms with Crippen LogP contribution >= 0.6 is 0 Å². The smallest absolute Gasteiger partial charge is 0.252 e. The highest BCUT2D eigenvalue weighted by atomic mass is 16.2. The number of hydrogen-bond donors (Lipinski definition) is 2. The van der Waals surface area contributed by atoms with Crippen molar-refractivity contribution in [3.8, 4) is 0 Å². The summed E-state index contributed by atoms with van der Waals surface area (Å²) < 4.78 is 0. The van der Waals surface area contributed by atoms with Crippen molar-refractivity contribution in [3.63, 3.8) is 0 Å². The molecule has 3 aromatic carbocycles. The van der Waals surface area contributed by atoms with Gasteiger partial charge in [-0.1, -0.05) is 78.9 Å². The number of carbonyl (C=O) groups excluding carboxylic acids is 2. The fourth-order valence-electron chi connectivity index (χ4n) is 3.84. The van der Waals surface area contributed by atoms with Crippen molar-refractivity contribution in [1.29, 1.82) is 0 Å². The number of benzene rings is 3. The van der Waals surface area contributed by atoms with Crippen LogP contribution < -0.4 is 11.1 Å². The predicted molar refractivity (Wildman–Crippen MR) is 127 cm³/mol. The molecule has 1 aliphatic heterocycles. The third-order valence-electron chi connectivity index (χ3n) is 5.66.